The monoisotopic (exact) mass is 435 g/mol. The lowest BCUT2D eigenvalue weighted by Gasteiger charge is -2.47. The van der Waals surface area contributed by atoms with Gasteiger partial charge in [0.15, 0.2) is 0 Å². The van der Waals surface area contributed by atoms with Crippen molar-refractivity contribution in [2.45, 2.75) is 78.7 Å². The van der Waals surface area contributed by atoms with Gasteiger partial charge >= 0.3 is 0 Å². The van der Waals surface area contributed by atoms with Crippen LogP contribution in [0.2, 0.25) is 0 Å². The van der Waals surface area contributed by atoms with Crippen LogP contribution in [0.25, 0.3) is 0 Å². The Morgan fingerprint density at radius 2 is 1.83 bits per heavy atom. The number of nitrogens with one attached hydrogen (secondary N) is 1. The second kappa shape index (κ2) is 11.5. The van der Waals surface area contributed by atoms with E-state index in [-0.39, 0.29) is 0 Å². The van der Waals surface area contributed by atoms with Crippen LogP contribution in [0.4, 0.5) is 0 Å². The quantitative estimate of drug-likeness (QED) is 0.446. The summed E-state index contributed by atoms with van der Waals surface area (Å²) >= 11 is 6.20. The van der Waals surface area contributed by atoms with Gasteiger partial charge in [0.25, 0.3) is 0 Å². The van der Waals surface area contributed by atoms with Crippen molar-refractivity contribution in [1.29, 1.82) is 0 Å². The average Bonchev–Trinajstić information content (AvgIpc) is 3.20. The summed E-state index contributed by atoms with van der Waals surface area (Å²) in [4.78, 5) is 5.36. The molecule has 1 aliphatic carbocycles. The smallest absolute Gasteiger partial charge is 0.0217 e. The van der Waals surface area contributed by atoms with E-state index in [0.717, 1.165) is 24.4 Å². The molecule has 2 aliphatic heterocycles. The van der Waals surface area contributed by atoms with Crippen LogP contribution in [-0.2, 0) is 0 Å². The Bertz CT molecular complexity index is 589. The van der Waals surface area contributed by atoms with Gasteiger partial charge in [-0.1, -0.05) is 50.9 Å². The van der Waals surface area contributed by atoms with Gasteiger partial charge in [-0.15, -0.1) is 0 Å². The maximum Gasteiger partial charge on any atom is 0.0217 e. The first-order valence-corrected chi connectivity index (χ1v) is 13.0. The van der Waals surface area contributed by atoms with Gasteiger partial charge in [0, 0.05) is 24.2 Å². The average molecular weight is 436 g/mol. The molecule has 0 spiro atoms. The minimum Gasteiger partial charge on any atom is -0.312 e. The van der Waals surface area contributed by atoms with E-state index in [4.69, 9.17) is 11.6 Å². The highest BCUT2D eigenvalue weighted by atomic mass is 35.5. The zero-order valence-corrected chi connectivity index (χ0v) is 20.8. The summed E-state index contributed by atoms with van der Waals surface area (Å²) in [7, 11) is 0. The first-order valence-electron chi connectivity index (χ1n) is 12.6. The van der Waals surface area contributed by atoms with Crippen LogP contribution in [0.3, 0.4) is 0 Å². The summed E-state index contributed by atoms with van der Waals surface area (Å²) < 4.78 is 0. The maximum absolute atomic E-state index is 6.20. The molecular weight excluding hydrogens is 390 g/mol. The molecule has 2 heterocycles. The van der Waals surface area contributed by atoms with Crippen molar-refractivity contribution in [2.75, 3.05) is 45.8 Å². The highest BCUT2D eigenvalue weighted by Gasteiger charge is 2.38. The highest BCUT2D eigenvalue weighted by molar-refractivity contribution is 6.29. The van der Waals surface area contributed by atoms with E-state index in [2.05, 4.69) is 55.0 Å². The molecule has 2 atom stereocenters. The molecule has 0 amide bonds. The Hall–Kier alpha value is -0.350. The Kier molecular flexibility index (Phi) is 9.31. The molecule has 0 aromatic heterocycles. The lowest BCUT2D eigenvalue weighted by Crippen LogP contribution is -2.52. The van der Waals surface area contributed by atoms with Crippen LogP contribution in [0.1, 0.15) is 72.6 Å². The number of halogens is 1. The summed E-state index contributed by atoms with van der Waals surface area (Å²) in [6.45, 7) is 18.4. The molecule has 30 heavy (non-hydrogen) atoms. The molecule has 1 unspecified atom stereocenters. The second-order valence-corrected chi connectivity index (χ2v) is 11.5. The van der Waals surface area contributed by atoms with Crippen LogP contribution in [0.15, 0.2) is 22.8 Å². The van der Waals surface area contributed by atoms with Gasteiger partial charge in [0.05, 0.1) is 0 Å². The molecule has 2 saturated heterocycles. The molecule has 3 aliphatic rings. The molecule has 0 saturated carbocycles. The molecule has 2 fully saturated rings. The summed E-state index contributed by atoms with van der Waals surface area (Å²) in [6, 6.07) is 0.597. The van der Waals surface area contributed by atoms with Crippen LogP contribution >= 0.6 is 11.6 Å². The van der Waals surface area contributed by atoms with Gasteiger partial charge in [-0.25, -0.2) is 0 Å². The fraction of sp³-hybridized carbons (Fsp3) is 0.846. The Balaban J connectivity index is 1.43. The maximum atomic E-state index is 6.20. The van der Waals surface area contributed by atoms with E-state index in [1.54, 1.807) is 5.57 Å². The molecule has 1 N–H and O–H groups in total. The van der Waals surface area contributed by atoms with E-state index in [0.29, 0.717) is 23.3 Å². The van der Waals surface area contributed by atoms with Gasteiger partial charge < -0.3 is 15.1 Å². The van der Waals surface area contributed by atoms with Gasteiger partial charge in [-0.05, 0) is 101 Å². The third kappa shape index (κ3) is 7.08. The fourth-order valence-corrected chi connectivity index (χ4v) is 5.93. The molecule has 3 nitrogen and oxygen atoms in total. The molecule has 0 aromatic rings. The fourth-order valence-electron chi connectivity index (χ4n) is 5.77. The number of hydrogen-bond donors (Lipinski definition) is 1. The zero-order chi connectivity index (χ0) is 21.6. The van der Waals surface area contributed by atoms with Crippen molar-refractivity contribution >= 4 is 11.6 Å². The van der Waals surface area contributed by atoms with Crippen molar-refractivity contribution in [3.63, 3.8) is 0 Å². The first-order chi connectivity index (χ1) is 14.3. The third-order valence-corrected chi connectivity index (χ3v) is 7.97. The van der Waals surface area contributed by atoms with Crippen molar-refractivity contribution in [3.05, 3.63) is 22.8 Å². The second-order valence-electron chi connectivity index (χ2n) is 11.0. The SMILES string of the molecule is CC(C)[C@H](CN1CCC(C2=CC=C(Cl)CC2)C(C)(C)C1)NCCCCN1CCCC1. The van der Waals surface area contributed by atoms with Crippen LogP contribution in [-0.4, -0.2) is 61.7 Å². The number of unbranched alkanes of at least 4 members (excludes halogenated alkanes) is 1. The van der Waals surface area contributed by atoms with E-state index in [1.807, 2.05) is 0 Å². The van der Waals surface area contributed by atoms with Crippen molar-refractivity contribution in [2.24, 2.45) is 17.3 Å². The predicted octanol–water partition coefficient (Wildman–Crippen LogP) is 5.67. The van der Waals surface area contributed by atoms with Gasteiger partial charge in [0.2, 0.25) is 0 Å². The molecule has 4 heteroatoms. The number of rotatable bonds is 10. The van der Waals surface area contributed by atoms with Crippen LogP contribution in [0.5, 0.6) is 0 Å². The number of allylic oxidation sites excluding steroid dienone is 4. The number of nitrogens with zero attached hydrogens (tertiary/aromatic N) is 2. The molecule has 0 aromatic carbocycles. The predicted molar refractivity (Wildman–Crippen MR) is 131 cm³/mol. The minimum atomic E-state index is 0.332. The van der Waals surface area contributed by atoms with E-state index < -0.39 is 0 Å². The Morgan fingerprint density at radius 1 is 1.07 bits per heavy atom. The number of piperidine rings is 1. The van der Waals surface area contributed by atoms with Crippen LogP contribution in [0, 0.1) is 17.3 Å². The number of hydrogen-bond acceptors (Lipinski definition) is 3. The molecule has 0 bridgehead atoms. The van der Waals surface area contributed by atoms with Crippen LogP contribution < -0.4 is 5.32 Å². The lowest BCUT2D eigenvalue weighted by atomic mass is 9.68. The van der Waals surface area contributed by atoms with E-state index >= 15 is 0 Å². The summed E-state index contributed by atoms with van der Waals surface area (Å²) in [6.07, 6.45) is 13.4. The van der Waals surface area contributed by atoms with E-state index in [1.165, 1.54) is 71.4 Å². The van der Waals surface area contributed by atoms with Crippen molar-refractivity contribution < 1.29 is 0 Å². The largest absolute Gasteiger partial charge is 0.312 e. The van der Waals surface area contributed by atoms with Gasteiger partial charge in [0.1, 0.15) is 0 Å². The molecule has 172 valence electrons. The normalized spacial score (nSPS) is 26.7. The Morgan fingerprint density at radius 3 is 2.47 bits per heavy atom. The summed E-state index contributed by atoms with van der Waals surface area (Å²) in [5.74, 6) is 1.38. The summed E-state index contributed by atoms with van der Waals surface area (Å²) in [5, 5.41) is 4.92. The highest BCUT2D eigenvalue weighted by Crippen LogP contribution is 2.42. The topological polar surface area (TPSA) is 18.5 Å². The summed E-state index contributed by atoms with van der Waals surface area (Å²) in [5.41, 5.74) is 1.96. The molecular formula is C26H46ClN3. The zero-order valence-electron chi connectivity index (χ0n) is 20.1. The minimum absolute atomic E-state index is 0.332. The lowest BCUT2D eigenvalue weighted by molar-refractivity contribution is 0.0604. The van der Waals surface area contributed by atoms with Crippen molar-refractivity contribution in [3.8, 4) is 0 Å². The first kappa shape index (κ1) is 24.3. The van der Waals surface area contributed by atoms with Crippen molar-refractivity contribution in [1.82, 2.24) is 15.1 Å². The Labute approximate surface area is 191 Å². The van der Waals surface area contributed by atoms with E-state index in [9.17, 15) is 0 Å². The standard InChI is InChI=1S/C26H46ClN3/c1-21(2)25(28-14-5-6-15-29-16-7-8-17-29)19-30-18-13-24(26(3,4)20-30)22-9-11-23(27)12-10-22/h9,11,21,24-25,28H,5-8,10,12-20H2,1-4H3/t24?,25-/m0/s1. The van der Waals surface area contributed by atoms with Gasteiger partial charge in [-0.3, -0.25) is 0 Å². The molecule has 0 radical (unpaired) electrons. The number of likely N-dealkylation sites (tertiary alicyclic amines) is 2. The molecule has 3 rings (SSSR count). The van der Waals surface area contributed by atoms with Gasteiger partial charge in [-0.2, -0.15) is 0 Å². The third-order valence-electron chi connectivity index (χ3n) is 7.65.